The number of halogens is 2. The molecule has 2 amide bonds. The third-order valence-corrected chi connectivity index (χ3v) is 6.18. The van der Waals surface area contributed by atoms with Crippen LogP contribution in [0.2, 0.25) is 10.0 Å². The minimum absolute atomic E-state index is 0.0320. The van der Waals surface area contributed by atoms with E-state index in [4.69, 9.17) is 27.6 Å². The van der Waals surface area contributed by atoms with Crippen molar-refractivity contribution in [3.63, 3.8) is 0 Å². The SMILES string of the molecule is CN(C)c1ccc(/C=C(\NC(=O)c2ccccc2)C(=O)N/N=C/c2ccc(-c3ccc(Cl)c(Cl)c3)o2)cc1. The second-order valence-corrected chi connectivity index (χ2v) is 9.21. The van der Waals surface area contributed by atoms with Crippen molar-refractivity contribution in [2.75, 3.05) is 19.0 Å². The molecule has 0 aliphatic carbocycles. The van der Waals surface area contributed by atoms with E-state index in [2.05, 4.69) is 15.8 Å². The van der Waals surface area contributed by atoms with Crippen LogP contribution in [0.4, 0.5) is 5.69 Å². The van der Waals surface area contributed by atoms with Gasteiger partial charge in [-0.3, -0.25) is 9.59 Å². The van der Waals surface area contributed by atoms with Crippen molar-refractivity contribution in [3.05, 3.63) is 118 Å². The van der Waals surface area contributed by atoms with E-state index in [1.807, 2.05) is 49.3 Å². The fourth-order valence-corrected chi connectivity index (χ4v) is 3.72. The molecule has 0 saturated carbocycles. The maximum atomic E-state index is 13.0. The molecule has 38 heavy (non-hydrogen) atoms. The highest BCUT2D eigenvalue weighted by atomic mass is 35.5. The summed E-state index contributed by atoms with van der Waals surface area (Å²) in [7, 11) is 3.88. The Morgan fingerprint density at radius 2 is 1.63 bits per heavy atom. The number of nitrogens with zero attached hydrogens (tertiary/aromatic N) is 2. The van der Waals surface area contributed by atoms with Crippen LogP contribution in [-0.4, -0.2) is 32.1 Å². The van der Waals surface area contributed by atoms with E-state index < -0.39 is 11.8 Å². The van der Waals surface area contributed by atoms with Crippen LogP contribution in [0.3, 0.4) is 0 Å². The lowest BCUT2D eigenvalue weighted by atomic mass is 10.1. The van der Waals surface area contributed by atoms with Crippen molar-refractivity contribution < 1.29 is 14.0 Å². The molecule has 0 saturated heterocycles. The van der Waals surface area contributed by atoms with E-state index in [-0.39, 0.29) is 5.70 Å². The molecule has 0 bridgehead atoms. The molecular formula is C29H24Cl2N4O3. The third kappa shape index (κ3) is 6.91. The van der Waals surface area contributed by atoms with Crippen LogP contribution in [-0.2, 0) is 4.79 Å². The molecular weight excluding hydrogens is 523 g/mol. The van der Waals surface area contributed by atoms with Crippen molar-refractivity contribution in [1.29, 1.82) is 0 Å². The second kappa shape index (κ2) is 12.3. The highest BCUT2D eigenvalue weighted by Crippen LogP contribution is 2.29. The first-order valence-electron chi connectivity index (χ1n) is 11.5. The Kier molecular flexibility index (Phi) is 8.63. The molecule has 4 rings (SSSR count). The summed E-state index contributed by atoms with van der Waals surface area (Å²) in [6.45, 7) is 0. The van der Waals surface area contributed by atoms with Crippen molar-refractivity contribution >= 4 is 53.0 Å². The smallest absolute Gasteiger partial charge is 0.287 e. The molecule has 192 valence electrons. The van der Waals surface area contributed by atoms with Crippen molar-refractivity contribution in [3.8, 4) is 11.3 Å². The molecule has 0 aliphatic rings. The van der Waals surface area contributed by atoms with Crippen molar-refractivity contribution in [2.45, 2.75) is 0 Å². The standard InChI is InChI=1S/C29H24Cl2N4O3/c1-35(2)22-11-8-19(9-12-22)16-26(33-28(36)20-6-4-3-5-7-20)29(37)34-32-18-23-13-15-27(38-23)21-10-14-24(30)25(31)17-21/h3-18H,1-2H3,(H,33,36)(H,34,37)/b26-16-,32-18+. The number of rotatable bonds is 8. The van der Waals surface area contributed by atoms with Crippen LogP contribution < -0.4 is 15.6 Å². The first-order valence-corrected chi connectivity index (χ1v) is 12.3. The van der Waals surface area contributed by atoms with Gasteiger partial charge in [0.2, 0.25) is 0 Å². The average molecular weight is 547 g/mol. The van der Waals surface area contributed by atoms with Crippen LogP contribution in [0, 0.1) is 0 Å². The van der Waals surface area contributed by atoms with E-state index in [0.717, 1.165) is 16.8 Å². The fraction of sp³-hybridized carbons (Fsp3) is 0.0690. The number of nitrogens with one attached hydrogen (secondary N) is 2. The van der Waals surface area contributed by atoms with E-state index in [0.29, 0.717) is 27.1 Å². The highest BCUT2D eigenvalue weighted by molar-refractivity contribution is 6.42. The van der Waals surface area contributed by atoms with E-state index in [1.54, 1.807) is 60.7 Å². The fourth-order valence-electron chi connectivity index (χ4n) is 3.42. The van der Waals surface area contributed by atoms with Crippen LogP contribution in [0.15, 0.2) is 100 Å². The van der Waals surface area contributed by atoms with Crippen LogP contribution in [0.25, 0.3) is 17.4 Å². The lowest BCUT2D eigenvalue weighted by Gasteiger charge is -2.12. The number of furan rings is 1. The van der Waals surface area contributed by atoms with E-state index in [9.17, 15) is 9.59 Å². The Balaban J connectivity index is 1.50. The topological polar surface area (TPSA) is 86.9 Å². The predicted octanol–water partition coefficient (Wildman–Crippen LogP) is 6.24. The summed E-state index contributed by atoms with van der Waals surface area (Å²) in [4.78, 5) is 27.7. The number of benzene rings is 3. The normalized spacial score (nSPS) is 11.4. The predicted molar refractivity (Wildman–Crippen MR) is 153 cm³/mol. The summed E-state index contributed by atoms with van der Waals surface area (Å²) >= 11 is 12.1. The van der Waals surface area contributed by atoms with Gasteiger partial charge >= 0.3 is 0 Å². The molecule has 2 N–H and O–H groups in total. The molecule has 7 nitrogen and oxygen atoms in total. The first kappa shape index (κ1) is 26.7. The maximum Gasteiger partial charge on any atom is 0.287 e. The van der Waals surface area contributed by atoms with Crippen LogP contribution >= 0.6 is 23.2 Å². The molecule has 0 atom stereocenters. The summed E-state index contributed by atoms with van der Waals surface area (Å²) in [6, 6.07) is 24.8. The molecule has 1 aromatic heterocycles. The Labute approximate surface area is 230 Å². The van der Waals surface area contributed by atoms with Crippen molar-refractivity contribution in [2.24, 2.45) is 5.10 Å². The van der Waals surface area contributed by atoms with Crippen LogP contribution in [0.5, 0.6) is 0 Å². The van der Waals surface area contributed by atoms with Gasteiger partial charge in [-0.2, -0.15) is 5.10 Å². The van der Waals surface area contributed by atoms with Crippen molar-refractivity contribution in [1.82, 2.24) is 10.7 Å². The molecule has 0 spiro atoms. The van der Waals surface area contributed by atoms with Crippen LogP contribution in [0.1, 0.15) is 21.7 Å². The summed E-state index contributed by atoms with van der Waals surface area (Å²) in [5, 5.41) is 7.54. The quantitative estimate of drug-likeness (QED) is 0.155. The van der Waals surface area contributed by atoms with E-state index >= 15 is 0 Å². The number of carbonyl (C=O) groups excluding carboxylic acids is 2. The van der Waals surface area contributed by atoms with Gasteiger partial charge in [0.05, 0.1) is 16.3 Å². The van der Waals surface area contributed by atoms with Gasteiger partial charge in [0.15, 0.2) is 0 Å². The molecule has 0 fully saturated rings. The molecule has 1 heterocycles. The van der Waals surface area contributed by atoms with Gasteiger partial charge in [-0.1, -0.05) is 53.5 Å². The summed E-state index contributed by atoms with van der Waals surface area (Å²) in [6.07, 6.45) is 2.95. The molecule has 0 radical (unpaired) electrons. The molecule has 3 aromatic carbocycles. The summed E-state index contributed by atoms with van der Waals surface area (Å²) in [5.41, 5.74) is 5.38. The average Bonchev–Trinajstić information content (AvgIpc) is 3.39. The Bertz CT molecular complexity index is 1490. The maximum absolute atomic E-state index is 13.0. The van der Waals surface area contributed by atoms with Gasteiger partial charge < -0.3 is 14.6 Å². The number of amides is 2. The molecule has 0 unspecified atom stereocenters. The Hall–Kier alpha value is -4.33. The zero-order chi connectivity index (χ0) is 27.1. The molecule has 0 aliphatic heterocycles. The minimum atomic E-state index is -0.599. The summed E-state index contributed by atoms with van der Waals surface area (Å²) < 4.78 is 5.76. The van der Waals surface area contributed by atoms with Gasteiger partial charge in [0.25, 0.3) is 11.8 Å². The molecule has 4 aromatic rings. The number of hydrazone groups is 1. The Morgan fingerprint density at radius 3 is 2.32 bits per heavy atom. The van der Waals surface area contributed by atoms with E-state index in [1.165, 1.54) is 6.21 Å². The van der Waals surface area contributed by atoms with Gasteiger partial charge in [-0.05, 0) is 66.2 Å². The van der Waals surface area contributed by atoms with Gasteiger partial charge in [-0.25, -0.2) is 5.43 Å². The minimum Gasteiger partial charge on any atom is -0.455 e. The highest BCUT2D eigenvalue weighted by Gasteiger charge is 2.14. The number of hydrogen-bond donors (Lipinski definition) is 2. The van der Waals surface area contributed by atoms with Gasteiger partial charge in [0.1, 0.15) is 17.2 Å². The zero-order valence-corrected chi connectivity index (χ0v) is 22.1. The lowest BCUT2D eigenvalue weighted by Crippen LogP contribution is -2.32. The lowest BCUT2D eigenvalue weighted by molar-refractivity contribution is -0.117. The number of carbonyl (C=O) groups is 2. The zero-order valence-electron chi connectivity index (χ0n) is 20.6. The van der Waals surface area contributed by atoms with Gasteiger partial charge in [-0.15, -0.1) is 0 Å². The Morgan fingerprint density at radius 1 is 0.895 bits per heavy atom. The van der Waals surface area contributed by atoms with Gasteiger partial charge in [0, 0.05) is 30.9 Å². The third-order valence-electron chi connectivity index (χ3n) is 5.44. The second-order valence-electron chi connectivity index (χ2n) is 8.39. The summed E-state index contributed by atoms with van der Waals surface area (Å²) in [5.74, 6) is -0.0469. The monoisotopic (exact) mass is 546 g/mol. The largest absolute Gasteiger partial charge is 0.455 e. The number of anilines is 1. The molecule has 9 heteroatoms. The number of hydrogen-bond acceptors (Lipinski definition) is 5. The first-order chi connectivity index (χ1) is 18.3.